The normalized spacial score (nSPS) is 13.6. The molecule has 148 valence electrons. The van der Waals surface area contributed by atoms with Crippen molar-refractivity contribution in [3.05, 3.63) is 49.8 Å². The minimum atomic E-state index is -0.0129. The van der Waals surface area contributed by atoms with Gasteiger partial charge in [-0.1, -0.05) is 11.6 Å². The van der Waals surface area contributed by atoms with Crippen molar-refractivity contribution in [3.8, 4) is 5.75 Å². The Balaban J connectivity index is 1.51. The maximum atomic E-state index is 12.8. The zero-order chi connectivity index (χ0) is 19.8. The highest BCUT2D eigenvalue weighted by atomic mass is 32.1. The lowest BCUT2D eigenvalue weighted by molar-refractivity contribution is 0.0955. The van der Waals surface area contributed by atoms with Gasteiger partial charge in [-0.05, 0) is 70.1 Å². The third-order valence-corrected chi connectivity index (χ3v) is 7.04. The second-order valence-corrected chi connectivity index (χ2v) is 8.92. The number of carbonyl (C=O) groups is 1. The number of fused-ring (bicyclic) bond motifs is 2. The number of rotatable bonds is 5. The number of hydrogen-bond donors (Lipinski definition) is 2. The monoisotopic (exact) mass is 396 g/mol. The number of aromatic amines is 1. The van der Waals surface area contributed by atoms with Crippen molar-refractivity contribution in [2.24, 2.45) is 0 Å². The summed E-state index contributed by atoms with van der Waals surface area (Å²) in [6, 6.07) is 4.44. The molecule has 2 N–H and O–H groups in total. The van der Waals surface area contributed by atoms with Gasteiger partial charge in [0.2, 0.25) is 0 Å². The van der Waals surface area contributed by atoms with E-state index < -0.39 is 0 Å². The van der Waals surface area contributed by atoms with E-state index >= 15 is 0 Å². The summed E-state index contributed by atoms with van der Waals surface area (Å²) in [5.74, 6) is 0.785. The van der Waals surface area contributed by atoms with Crippen LogP contribution in [0.3, 0.4) is 0 Å². The van der Waals surface area contributed by atoms with Gasteiger partial charge in [0.05, 0.1) is 7.11 Å². The fourth-order valence-electron chi connectivity index (χ4n) is 4.44. The minimum Gasteiger partial charge on any atom is -0.495 e. The molecule has 5 heteroatoms. The van der Waals surface area contributed by atoms with Crippen LogP contribution in [-0.4, -0.2) is 24.5 Å². The average molecular weight is 397 g/mol. The number of thiophene rings is 1. The van der Waals surface area contributed by atoms with Crippen molar-refractivity contribution in [1.82, 2.24) is 10.3 Å². The Labute approximate surface area is 170 Å². The van der Waals surface area contributed by atoms with Gasteiger partial charge in [-0.15, -0.1) is 11.3 Å². The van der Waals surface area contributed by atoms with Crippen molar-refractivity contribution in [1.29, 1.82) is 0 Å². The average Bonchev–Trinajstić information content (AvgIpc) is 3.20. The molecule has 0 saturated heterocycles. The number of ether oxygens (including phenoxy) is 1. The van der Waals surface area contributed by atoms with Gasteiger partial charge in [0.25, 0.3) is 5.91 Å². The highest BCUT2D eigenvalue weighted by Crippen LogP contribution is 2.39. The molecule has 1 aliphatic carbocycles. The second-order valence-electron chi connectivity index (χ2n) is 7.81. The molecule has 2 aromatic heterocycles. The van der Waals surface area contributed by atoms with Gasteiger partial charge in [0.15, 0.2) is 0 Å². The third kappa shape index (κ3) is 3.32. The zero-order valence-electron chi connectivity index (χ0n) is 17.1. The van der Waals surface area contributed by atoms with Gasteiger partial charge in [0, 0.05) is 33.6 Å². The SMILES string of the molecule is COc1c(C(=O)NCCc2c(C)[nH]c3c(C)cc(C)cc23)sc2c1CCCC2. The lowest BCUT2D eigenvalue weighted by atomic mass is 9.98. The van der Waals surface area contributed by atoms with Gasteiger partial charge in [-0.3, -0.25) is 4.79 Å². The number of aryl methyl sites for hydroxylation is 4. The molecule has 1 aromatic carbocycles. The molecule has 3 aromatic rings. The summed E-state index contributed by atoms with van der Waals surface area (Å²) in [5.41, 5.74) is 7.46. The molecule has 0 radical (unpaired) electrons. The van der Waals surface area contributed by atoms with Crippen molar-refractivity contribution in [2.45, 2.75) is 52.9 Å². The van der Waals surface area contributed by atoms with Crippen molar-refractivity contribution in [2.75, 3.05) is 13.7 Å². The predicted octanol–water partition coefficient (Wildman–Crippen LogP) is 5.01. The van der Waals surface area contributed by atoms with E-state index in [1.807, 2.05) is 0 Å². The van der Waals surface area contributed by atoms with Crippen LogP contribution in [0.4, 0.5) is 0 Å². The first kappa shape index (κ1) is 19.1. The molecule has 1 amide bonds. The highest BCUT2D eigenvalue weighted by Gasteiger charge is 2.25. The molecular formula is C23H28N2O2S. The Morgan fingerprint density at radius 1 is 1.21 bits per heavy atom. The summed E-state index contributed by atoms with van der Waals surface area (Å²) in [4.78, 5) is 18.4. The van der Waals surface area contributed by atoms with Crippen molar-refractivity contribution < 1.29 is 9.53 Å². The van der Waals surface area contributed by atoms with E-state index in [1.165, 1.54) is 56.6 Å². The van der Waals surface area contributed by atoms with E-state index in [0.29, 0.717) is 6.54 Å². The molecule has 0 saturated carbocycles. The molecule has 0 unspecified atom stereocenters. The number of nitrogens with one attached hydrogen (secondary N) is 2. The number of amides is 1. The van der Waals surface area contributed by atoms with Crippen LogP contribution in [0.25, 0.3) is 10.9 Å². The molecule has 0 aliphatic heterocycles. The van der Waals surface area contributed by atoms with Crippen LogP contribution in [0.2, 0.25) is 0 Å². The van der Waals surface area contributed by atoms with Crippen molar-refractivity contribution in [3.63, 3.8) is 0 Å². The van der Waals surface area contributed by atoms with Crippen LogP contribution in [-0.2, 0) is 19.3 Å². The Kier molecular flexibility index (Phi) is 5.19. The molecule has 4 nitrogen and oxygen atoms in total. The van der Waals surface area contributed by atoms with E-state index in [2.05, 4.69) is 43.2 Å². The first-order valence-corrected chi connectivity index (χ1v) is 10.9. The fraction of sp³-hybridized carbons (Fsp3) is 0.435. The molecular weight excluding hydrogens is 368 g/mol. The summed E-state index contributed by atoms with van der Waals surface area (Å²) >= 11 is 1.61. The Morgan fingerprint density at radius 3 is 2.79 bits per heavy atom. The Hall–Kier alpha value is -2.27. The zero-order valence-corrected chi connectivity index (χ0v) is 17.9. The largest absolute Gasteiger partial charge is 0.495 e. The maximum Gasteiger partial charge on any atom is 0.265 e. The number of carbonyl (C=O) groups excluding carboxylic acids is 1. The number of H-pyrrole nitrogens is 1. The van der Waals surface area contributed by atoms with E-state index in [-0.39, 0.29) is 5.91 Å². The van der Waals surface area contributed by atoms with Gasteiger partial charge in [-0.25, -0.2) is 0 Å². The number of hydrogen-bond acceptors (Lipinski definition) is 3. The smallest absolute Gasteiger partial charge is 0.265 e. The summed E-state index contributed by atoms with van der Waals surface area (Å²) in [6.45, 7) is 7.00. The van der Waals surface area contributed by atoms with Gasteiger partial charge < -0.3 is 15.0 Å². The standard InChI is InChI=1S/C23H28N2O2S/c1-13-11-14(2)20-18(12-13)16(15(3)25-20)9-10-24-23(26)22-21(27-4)17-7-5-6-8-19(17)28-22/h11-12,25H,5-10H2,1-4H3,(H,24,26). The number of aromatic nitrogens is 1. The van der Waals surface area contributed by atoms with E-state index in [1.54, 1.807) is 18.4 Å². The molecule has 0 spiro atoms. The first-order valence-electron chi connectivity index (χ1n) is 10.0. The van der Waals surface area contributed by atoms with Gasteiger partial charge in [-0.2, -0.15) is 0 Å². The highest BCUT2D eigenvalue weighted by molar-refractivity contribution is 7.14. The van der Waals surface area contributed by atoms with E-state index in [0.717, 1.165) is 29.9 Å². The van der Waals surface area contributed by atoms with E-state index in [4.69, 9.17) is 4.74 Å². The van der Waals surface area contributed by atoms with E-state index in [9.17, 15) is 4.79 Å². The van der Waals surface area contributed by atoms with Crippen molar-refractivity contribution >= 4 is 28.1 Å². The number of benzene rings is 1. The van der Waals surface area contributed by atoms with Crippen LogP contribution >= 0.6 is 11.3 Å². The van der Waals surface area contributed by atoms with Crippen LogP contribution in [0.1, 0.15) is 55.3 Å². The van der Waals surface area contributed by atoms with Crippen LogP contribution in [0.5, 0.6) is 5.75 Å². The predicted molar refractivity (Wildman–Crippen MR) is 116 cm³/mol. The maximum absolute atomic E-state index is 12.8. The summed E-state index contributed by atoms with van der Waals surface area (Å²) in [7, 11) is 1.67. The molecule has 1 aliphatic rings. The number of methoxy groups -OCH3 is 1. The Bertz CT molecular complexity index is 1040. The lowest BCUT2D eigenvalue weighted by Crippen LogP contribution is -2.25. The molecule has 2 heterocycles. The molecule has 4 rings (SSSR count). The quantitative estimate of drug-likeness (QED) is 0.637. The van der Waals surface area contributed by atoms with Gasteiger partial charge >= 0.3 is 0 Å². The first-order chi connectivity index (χ1) is 13.5. The fourth-order valence-corrected chi connectivity index (χ4v) is 5.72. The topological polar surface area (TPSA) is 54.1 Å². The van der Waals surface area contributed by atoms with Crippen LogP contribution in [0.15, 0.2) is 12.1 Å². The minimum absolute atomic E-state index is 0.0129. The summed E-state index contributed by atoms with van der Waals surface area (Å²) in [6.07, 6.45) is 5.29. The lowest BCUT2D eigenvalue weighted by Gasteiger charge is -2.11. The molecule has 0 bridgehead atoms. The molecule has 0 atom stereocenters. The summed E-state index contributed by atoms with van der Waals surface area (Å²) < 4.78 is 5.60. The molecule has 28 heavy (non-hydrogen) atoms. The third-order valence-electron chi connectivity index (χ3n) is 5.76. The Morgan fingerprint density at radius 2 is 2.00 bits per heavy atom. The van der Waals surface area contributed by atoms with Crippen LogP contribution in [0, 0.1) is 20.8 Å². The second kappa shape index (κ2) is 7.63. The van der Waals surface area contributed by atoms with Gasteiger partial charge in [0.1, 0.15) is 10.6 Å². The summed E-state index contributed by atoms with van der Waals surface area (Å²) in [5, 5.41) is 4.39. The van der Waals surface area contributed by atoms with Crippen LogP contribution < -0.4 is 10.1 Å². The molecule has 0 fully saturated rings.